The lowest BCUT2D eigenvalue weighted by Crippen LogP contribution is -2.26. The van der Waals surface area contributed by atoms with Crippen molar-refractivity contribution in [1.29, 1.82) is 0 Å². The molecule has 1 atom stereocenters. The third-order valence-electron chi connectivity index (χ3n) is 2.73. The summed E-state index contributed by atoms with van der Waals surface area (Å²) in [6, 6.07) is 3.27. The predicted octanol–water partition coefficient (Wildman–Crippen LogP) is 3.26. The summed E-state index contributed by atoms with van der Waals surface area (Å²) >= 11 is 17.5. The third-order valence-corrected chi connectivity index (χ3v) is 4.05. The van der Waals surface area contributed by atoms with Crippen LogP contribution in [0.5, 0.6) is 0 Å². The van der Waals surface area contributed by atoms with Crippen LogP contribution in [0, 0.1) is 5.41 Å². The van der Waals surface area contributed by atoms with Crippen molar-refractivity contribution in [3.05, 3.63) is 23.4 Å². The Kier molecular flexibility index (Phi) is 2.81. The highest BCUT2D eigenvalue weighted by Gasteiger charge is 2.67. The molecule has 1 aromatic heterocycles. The topological polar surface area (TPSA) is 42.0 Å². The highest BCUT2D eigenvalue weighted by Crippen LogP contribution is 2.64. The van der Waals surface area contributed by atoms with Gasteiger partial charge in [-0.3, -0.25) is 4.79 Å². The fourth-order valence-corrected chi connectivity index (χ4v) is 2.17. The van der Waals surface area contributed by atoms with Crippen molar-refractivity contribution in [2.45, 2.75) is 17.7 Å². The van der Waals surface area contributed by atoms with Crippen LogP contribution in [-0.2, 0) is 4.79 Å². The largest absolute Gasteiger partial charge is 0.310 e. The molecule has 0 radical (unpaired) electrons. The van der Waals surface area contributed by atoms with Gasteiger partial charge in [-0.25, -0.2) is 4.98 Å². The number of amides is 1. The van der Waals surface area contributed by atoms with E-state index in [2.05, 4.69) is 10.3 Å². The fourth-order valence-electron chi connectivity index (χ4n) is 1.35. The van der Waals surface area contributed by atoms with Gasteiger partial charge in [0, 0.05) is 6.20 Å². The average Bonchev–Trinajstić information content (AvgIpc) is 2.71. The molecule has 1 aliphatic rings. The van der Waals surface area contributed by atoms with E-state index in [1.807, 2.05) is 0 Å². The van der Waals surface area contributed by atoms with E-state index in [4.69, 9.17) is 34.8 Å². The van der Waals surface area contributed by atoms with E-state index < -0.39 is 9.75 Å². The summed E-state index contributed by atoms with van der Waals surface area (Å²) in [5.74, 6) is 0.207. The number of halogens is 3. The Morgan fingerprint density at radius 1 is 1.50 bits per heavy atom. The second-order valence-electron chi connectivity index (χ2n) is 4.03. The first kappa shape index (κ1) is 12.0. The van der Waals surface area contributed by atoms with Gasteiger partial charge >= 0.3 is 0 Å². The molecular formula is C10H9Cl3N2O. The van der Waals surface area contributed by atoms with Gasteiger partial charge in [0.05, 0.1) is 10.4 Å². The Balaban J connectivity index is 2.07. The molecule has 0 bridgehead atoms. The number of alkyl halides is 2. The third kappa shape index (κ3) is 1.99. The molecule has 0 spiro atoms. The first-order valence-electron chi connectivity index (χ1n) is 4.66. The molecule has 1 N–H and O–H groups in total. The minimum Gasteiger partial charge on any atom is -0.310 e. The maximum Gasteiger partial charge on any atom is 0.234 e. The molecule has 1 aliphatic carbocycles. The molecule has 86 valence electrons. The van der Waals surface area contributed by atoms with E-state index in [0.717, 1.165) is 0 Å². The number of rotatable bonds is 2. The number of hydrogen-bond donors (Lipinski definition) is 1. The number of hydrogen-bond acceptors (Lipinski definition) is 2. The van der Waals surface area contributed by atoms with Crippen LogP contribution in [0.2, 0.25) is 5.02 Å². The van der Waals surface area contributed by atoms with E-state index in [0.29, 0.717) is 17.3 Å². The van der Waals surface area contributed by atoms with Crippen LogP contribution >= 0.6 is 34.8 Å². The minimum atomic E-state index is -0.969. The summed E-state index contributed by atoms with van der Waals surface area (Å²) in [5, 5.41) is 3.16. The van der Waals surface area contributed by atoms with Crippen molar-refractivity contribution < 1.29 is 4.79 Å². The molecule has 1 unspecified atom stereocenters. The van der Waals surface area contributed by atoms with Gasteiger partial charge in [-0.2, -0.15) is 0 Å². The highest BCUT2D eigenvalue weighted by molar-refractivity contribution is 6.53. The normalized spacial score (nSPS) is 26.2. The predicted molar refractivity (Wildman–Crippen MR) is 65.0 cm³/mol. The number of nitrogens with one attached hydrogen (secondary N) is 1. The number of aromatic nitrogens is 1. The van der Waals surface area contributed by atoms with Crippen LogP contribution in [-0.4, -0.2) is 15.2 Å². The van der Waals surface area contributed by atoms with Crippen molar-refractivity contribution in [3.8, 4) is 0 Å². The summed E-state index contributed by atoms with van der Waals surface area (Å²) in [7, 11) is 0. The average molecular weight is 280 g/mol. The van der Waals surface area contributed by atoms with Crippen LogP contribution in [0.25, 0.3) is 0 Å². The van der Waals surface area contributed by atoms with E-state index >= 15 is 0 Å². The molecule has 0 aromatic carbocycles. The number of anilines is 1. The molecule has 1 saturated carbocycles. The number of pyridine rings is 1. The van der Waals surface area contributed by atoms with Gasteiger partial charge in [0.1, 0.15) is 10.2 Å². The van der Waals surface area contributed by atoms with E-state index in [9.17, 15) is 4.79 Å². The summed E-state index contributed by atoms with van der Waals surface area (Å²) < 4.78 is -0.969. The molecular weight excluding hydrogens is 270 g/mol. The monoisotopic (exact) mass is 278 g/mol. The Morgan fingerprint density at radius 2 is 2.12 bits per heavy atom. The molecule has 0 aliphatic heterocycles. The first-order chi connectivity index (χ1) is 7.35. The Hall–Kier alpha value is -0.510. The maximum absolute atomic E-state index is 11.8. The standard InChI is InChI=1S/C10H9Cl3N2O/c1-9(5-10(9,12)13)8(16)15-7-3-2-6(11)4-14-7/h2-4H,5H2,1H3,(H,14,15,16). The lowest BCUT2D eigenvalue weighted by molar-refractivity contribution is -0.120. The zero-order valence-electron chi connectivity index (χ0n) is 8.43. The van der Waals surface area contributed by atoms with Crippen LogP contribution in [0.3, 0.4) is 0 Å². The summed E-state index contributed by atoms with van der Waals surface area (Å²) in [6.07, 6.45) is 1.91. The van der Waals surface area contributed by atoms with E-state index in [1.165, 1.54) is 6.20 Å². The minimum absolute atomic E-state index is 0.229. The summed E-state index contributed by atoms with van der Waals surface area (Å²) in [4.78, 5) is 15.8. The van der Waals surface area contributed by atoms with Crippen LogP contribution in [0.4, 0.5) is 5.82 Å². The van der Waals surface area contributed by atoms with Crippen molar-refractivity contribution >= 4 is 46.5 Å². The number of carbonyl (C=O) groups is 1. The summed E-state index contributed by atoms with van der Waals surface area (Å²) in [6.45, 7) is 1.72. The zero-order chi connectivity index (χ0) is 12.0. The molecule has 16 heavy (non-hydrogen) atoms. The van der Waals surface area contributed by atoms with Crippen molar-refractivity contribution in [3.63, 3.8) is 0 Å². The lowest BCUT2D eigenvalue weighted by Gasteiger charge is -2.11. The quantitative estimate of drug-likeness (QED) is 0.844. The van der Waals surface area contributed by atoms with Gasteiger partial charge in [0.2, 0.25) is 5.91 Å². The number of carbonyl (C=O) groups excluding carboxylic acids is 1. The Labute approximate surface area is 108 Å². The number of nitrogens with zero attached hydrogens (tertiary/aromatic N) is 1. The Bertz CT molecular complexity index is 432. The van der Waals surface area contributed by atoms with Gasteiger partial charge in [-0.15, -0.1) is 23.2 Å². The molecule has 6 heteroatoms. The highest BCUT2D eigenvalue weighted by atomic mass is 35.5. The van der Waals surface area contributed by atoms with Gasteiger partial charge < -0.3 is 5.32 Å². The SMILES string of the molecule is CC1(C(=O)Nc2ccc(Cl)cn2)CC1(Cl)Cl. The van der Waals surface area contributed by atoms with Crippen molar-refractivity contribution in [2.24, 2.45) is 5.41 Å². The first-order valence-corrected chi connectivity index (χ1v) is 5.79. The zero-order valence-corrected chi connectivity index (χ0v) is 10.7. The van der Waals surface area contributed by atoms with Gasteiger partial charge in [-0.05, 0) is 25.5 Å². The second-order valence-corrected chi connectivity index (χ2v) is 5.95. The smallest absolute Gasteiger partial charge is 0.234 e. The Morgan fingerprint density at radius 3 is 2.56 bits per heavy atom. The maximum atomic E-state index is 11.8. The van der Waals surface area contributed by atoms with Crippen LogP contribution in [0.1, 0.15) is 13.3 Å². The molecule has 1 fully saturated rings. The van der Waals surface area contributed by atoms with Gasteiger partial charge in [-0.1, -0.05) is 11.6 Å². The van der Waals surface area contributed by atoms with Crippen LogP contribution < -0.4 is 5.32 Å². The van der Waals surface area contributed by atoms with Crippen molar-refractivity contribution in [1.82, 2.24) is 4.98 Å². The van der Waals surface area contributed by atoms with Gasteiger partial charge in [0.15, 0.2) is 0 Å². The van der Waals surface area contributed by atoms with E-state index in [-0.39, 0.29) is 5.91 Å². The van der Waals surface area contributed by atoms with E-state index in [1.54, 1.807) is 19.1 Å². The second kappa shape index (κ2) is 3.76. The van der Waals surface area contributed by atoms with Crippen molar-refractivity contribution in [2.75, 3.05) is 5.32 Å². The fraction of sp³-hybridized carbons (Fsp3) is 0.400. The molecule has 2 rings (SSSR count). The molecule has 1 heterocycles. The molecule has 1 amide bonds. The molecule has 1 aromatic rings. The lowest BCUT2D eigenvalue weighted by atomic mass is 10.1. The summed E-state index contributed by atoms with van der Waals surface area (Å²) in [5.41, 5.74) is -0.739. The molecule has 0 saturated heterocycles. The van der Waals surface area contributed by atoms with Gasteiger partial charge in [0.25, 0.3) is 0 Å². The van der Waals surface area contributed by atoms with Crippen LogP contribution in [0.15, 0.2) is 18.3 Å². The molecule has 3 nitrogen and oxygen atoms in total.